The largest absolute Gasteiger partial charge is 0.356 e. The molecule has 0 bridgehead atoms. The standard InChI is InChI=1S/C24H29ClN4O3/c1-24(2,3)12-15(23(32)28-16(13-26)9-14-7-8-27-22(14)31)10-21(30)20-11-17-18(25)5-4-6-19(17)29-20/h4-6,11,14-16,29H,7-10,12H2,1-3H3,(H,27,31)(H,28,32)/t14-,15-,16-/m0/s1. The maximum atomic E-state index is 13.1. The maximum Gasteiger partial charge on any atom is 0.224 e. The molecule has 0 radical (unpaired) electrons. The Morgan fingerprint density at radius 1 is 1.34 bits per heavy atom. The highest BCUT2D eigenvalue weighted by Gasteiger charge is 2.32. The number of benzene rings is 1. The van der Waals surface area contributed by atoms with Crippen LogP contribution in [0.4, 0.5) is 0 Å². The molecule has 170 valence electrons. The van der Waals surface area contributed by atoms with Crippen LogP contribution < -0.4 is 10.6 Å². The summed E-state index contributed by atoms with van der Waals surface area (Å²) in [5, 5.41) is 16.3. The van der Waals surface area contributed by atoms with Crippen molar-refractivity contribution in [3.8, 4) is 6.07 Å². The number of H-pyrrole nitrogens is 1. The minimum Gasteiger partial charge on any atom is -0.356 e. The first-order valence-electron chi connectivity index (χ1n) is 10.9. The van der Waals surface area contributed by atoms with E-state index in [1.807, 2.05) is 26.8 Å². The fourth-order valence-electron chi connectivity index (χ4n) is 4.19. The summed E-state index contributed by atoms with van der Waals surface area (Å²) in [6.07, 6.45) is 1.41. The van der Waals surface area contributed by atoms with Gasteiger partial charge in [0.1, 0.15) is 6.04 Å². The molecule has 2 amide bonds. The molecule has 1 aromatic heterocycles. The molecule has 7 nitrogen and oxygen atoms in total. The average Bonchev–Trinajstić information content (AvgIpc) is 3.33. The number of aromatic nitrogens is 1. The third-order valence-electron chi connectivity index (χ3n) is 5.73. The van der Waals surface area contributed by atoms with Crippen LogP contribution in [0, 0.1) is 28.6 Å². The summed E-state index contributed by atoms with van der Waals surface area (Å²) in [4.78, 5) is 41.1. The van der Waals surface area contributed by atoms with Gasteiger partial charge in [-0.05, 0) is 42.9 Å². The van der Waals surface area contributed by atoms with E-state index in [1.54, 1.807) is 18.2 Å². The quantitative estimate of drug-likeness (QED) is 0.521. The Morgan fingerprint density at radius 3 is 2.69 bits per heavy atom. The van der Waals surface area contributed by atoms with Crippen LogP contribution in [0.2, 0.25) is 5.02 Å². The molecule has 1 saturated heterocycles. The van der Waals surface area contributed by atoms with E-state index in [0.29, 0.717) is 30.1 Å². The summed E-state index contributed by atoms with van der Waals surface area (Å²) in [6, 6.07) is 8.43. The maximum absolute atomic E-state index is 13.1. The van der Waals surface area contributed by atoms with Crippen LogP contribution in [0.3, 0.4) is 0 Å². The minimum atomic E-state index is -0.777. The van der Waals surface area contributed by atoms with E-state index in [2.05, 4.69) is 21.7 Å². The summed E-state index contributed by atoms with van der Waals surface area (Å²) in [5.74, 6) is -1.49. The summed E-state index contributed by atoms with van der Waals surface area (Å²) < 4.78 is 0. The molecule has 1 fully saturated rings. The molecule has 2 aromatic rings. The average molecular weight is 457 g/mol. The number of nitrogens with one attached hydrogen (secondary N) is 3. The first kappa shape index (κ1) is 23.8. The van der Waals surface area contributed by atoms with E-state index < -0.39 is 12.0 Å². The van der Waals surface area contributed by atoms with Gasteiger partial charge in [0.25, 0.3) is 0 Å². The number of nitriles is 1. The van der Waals surface area contributed by atoms with Crippen molar-refractivity contribution < 1.29 is 14.4 Å². The summed E-state index contributed by atoms with van der Waals surface area (Å²) in [6.45, 7) is 6.60. The highest BCUT2D eigenvalue weighted by molar-refractivity contribution is 6.35. The minimum absolute atomic E-state index is 0.00953. The van der Waals surface area contributed by atoms with Crippen LogP contribution in [0.25, 0.3) is 10.9 Å². The number of nitrogens with zero attached hydrogens (tertiary/aromatic N) is 1. The molecule has 1 aliphatic heterocycles. The number of Topliss-reactive ketones (excluding diaryl/α,β-unsaturated/α-hetero) is 1. The highest BCUT2D eigenvalue weighted by Crippen LogP contribution is 2.29. The van der Waals surface area contributed by atoms with Crippen molar-refractivity contribution in [1.82, 2.24) is 15.6 Å². The molecule has 1 aliphatic rings. The first-order chi connectivity index (χ1) is 15.1. The SMILES string of the molecule is CC(C)(C)C[C@H](CC(=O)c1cc2c(Cl)cccc2[nH]1)C(=O)N[C@H](C#N)C[C@@H]1CCNC1=O. The van der Waals surface area contributed by atoms with Gasteiger partial charge in [-0.1, -0.05) is 38.4 Å². The van der Waals surface area contributed by atoms with E-state index >= 15 is 0 Å². The predicted molar refractivity (Wildman–Crippen MR) is 123 cm³/mol. The Hall–Kier alpha value is -2.85. The second-order valence-corrected chi connectivity index (χ2v) is 10.1. The zero-order chi connectivity index (χ0) is 23.5. The number of carbonyl (C=O) groups excluding carboxylic acids is 3. The summed E-state index contributed by atoms with van der Waals surface area (Å²) >= 11 is 6.22. The number of aromatic amines is 1. The first-order valence-corrected chi connectivity index (χ1v) is 11.2. The van der Waals surface area contributed by atoms with Gasteiger partial charge in [0.15, 0.2) is 5.78 Å². The number of halogens is 1. The number of amides is 2. The summed E-state index contributed by atoms with van der Waals surface area (Å²) in [5.41, 5.74) is 0.968. The number of carbonyl (C=O) groups is 3. The van der Waals surface area contributed by atoms with E-state index in [0.717, 1.165) is 10.9 Å². The molecule has 8 heteroatoms. The highest BCUT2D eigenvalue weighted by atomic mass is 35.5. The second kappa shape index (κ2) is 9.74. The van der Waals surface area contributed by atoms with E-state index in [4.69, 9.17) is 11.6 Å². The van der Waals surface area contributed by atoms with Crippen molar-refractivity contribution in [2.24, 2.45) is 17.3 Å². The lowest BCUT2D eigenvalue weighted by Gasteiger charge is -2.26. The lowest BCUT2D eigenvalue weighted by atomic mass is 9.81. The zero-order valence-corrected chi connectivity index (χ0v) is 19.4. The molecule has 1 aromatic carbocycles. The van der Waals surface area contributed by atoms with Gasteiger partial charge < -0.3 is 15.6 Å². The summed E-state index contributed by atoms with van der Waals surface area (Å²) in [7, 11) is 0. The lowest BCUT2D eigenvalue weighted by Crippen LogP contribution is -2.41. The van der Waals surface area contributed by atoms with Crippen LogP contribution in [0.5, 0.6) is 0 Å². The number of hydrogen-bond donors (Lipinski definition) is 3. The Morgan fingerprint density at radius 2 is 2.09 bits per heavy atom. The molecule has 0 aliphatic carbocycles. The van der Waals surface area contributed by atoms with Crippen molar-refractivity contribution in [3.05, 3.63) is 35.0 Å². The Kier molecular flexibility index (Phi) is 7.25. The van der Waals surface area contributed by atoms with E-state index in [9.17, 15) is 19.6 Å². The van der Waals surface area contributed by atoms with E-state index in [-0.39, 0.29) is 41.8 Å². The number of fused-ring (bicyclic) bond motifs is 1. The van der Waals surface area contributed by atoms with Gasteiger partial charge in [0, 0.05) is 40.7 Å². The number of rotatable bonds is 8. The molecular weight excluding hydrogens is 428 g/mol. The second-order valence-electron chi connectivity index (χ2n) is 9.68. The van der Waals surface area contributed by atoms with Gasteiger partial charge in [-0.2, -0.15) is 5.26 Å². The molecule has 3 rings (SSSR count). The smallest absolute Gasteiger partial charge is 0.224 e. The molecule has 0 spiro atoms. The van der Waals surface area contributed by atoms with E-state index in [1.165, 1.54) is 0 Å². The fourth-order valence-corrected chi connectivity index (χ4v) is 4.42. The van der Waals surface area contributed by atoms with Gasteiger partial charge in [-0.15, -0.1) is 0 Å². The van der Waals surface area contributed by atoms with Crippen LogP contribution in [-0.2, 0) is 9.59 Å². The van der Waals surface area contributed by atoms with Gasteiger partial charge >= 0.3 is 0 Å². The molecule has 32 heavy (non-hydrogen) atoms. The van der Waals surface area contributed by atoms with Crippen LogP contribution in [-0.4, -0.2) is 35.2 Å². The van der Waals surface area contributed by atoms with Crippen molar-refractivity contribution in [1.29, 1.82) is 5.26 Å². The molecule has 2 heterocycles. The van der Waals surface area contributed by atoms with Crippen molar-refractivity contribution >= 4 is 40.1 Å². The van der Waals surface area contributed by atoms with Crippen molar-refractivity contribution in [3.63, 3.8) is 0 Å². The number of ketones is 1. The molecular formula is C24H29ClN4O3. The van der Waals surface area contributed by atoms with Gasteiger partial charge in [-0.25, -0.2) is 0 Å². The van der Waals surface area contributed by atoms with Crippen LogP contribution in [0.1, 0.15) is 56.9 Å². The fraction of sp³-hybridized carbons (Fsp3) is 0.500. The Bertz CT molecular complexity index is 1060. The predicted octanol–water partition coefficient (Wildman–Crippen LogP) is 3.98. The normalized spacial score (nSPS) is 18.1. The van der Waals surface area contributed by atoms with Gasteiger partial charge in [0.05, 0.1) is 11.8 Å². The van der Waals surface area contributed by atoms with Crippen LogP contribution >= 0.6 is 11.6 Å². The Labute approximate surface area is 192 Å². The monoisotopic (exact) mass is 456 g/mol. The number of hydrogen-bond acceptors (Lipinski definition) is 4. The third-order valence-corrected chi connectivity index (χ3v) is 6.06. The topological polar surface area (TPSA) is 115 Å². The van der Waals surface area contributed by atoms with Gasteiger partial charge in [-0.3, -0.25) is 14.4 Å². The third kappa shape index (κ3) is 5.89. The Balaban J connectivity index is 1.73. The molecule has 3 atom stereocenters. The molecule has 3 N–H and O–H groups in total. The zero-order valence-electron chi connectivity index (χ0n) is 18.6. The molecule has 0 saturated carbocycles. The molecule has 0 unspecified atom stereocenters. The lowest BCUT2D eigenvalue weighted by molar-refractivity contribution is -0.127. The van der Waals surface area contributed by atoms with Gasteiger partial charge in [0.2, 0.25) is 11.8 Å². The van der Waals surface area contributed by atoms with Crippen molar-refractivity contribution in [2.45, 2.75) is 52.5 Å². The van der Waals surface area contributed by atoms with Crippen LogP contribution in [0.15, 0.2) is 24.3 Å². The van der Waals surface area contributed by atoms with Crippen molar-refractivity contribution in [2.75, 3.05) is 6.54 Å².